The van der Waals surface area contributed by atoms with Gasteiger partial charge in [0.1, 0.15) is 0 Å². The number of aromatic nitrogens is 1. The molecule has 142 valence electrons. The maximum atomic E-state index is 12.7. The van der Waals surface area contributed by atoms with Gasteiger partial charge in [-0.15, -0.1) is 0 Å². The van der Waals surface area contributed by atoms with Crippen molar-refractivity contribution in [3.63, 3.8) is 0 Å². The monoisotopic (exact) mass is 373 g/mol. The summed E-state index contributed by atoms with van der Waals surface area (Å²) in [5.41, 5.74) is 1.72. The van der Waals surface area contributed by atoms with Crippen molar-refractivity contribution in [3.8, 4) is 11.5 Å². The number of H-pyrrole nitrogens is 1. The van der Waals surface area contributed by atoms with Gasteiger partial charge in [-0.05, 0) is 44.5 Å². The fraction of sp³-hybridized carbons (Fsp3) is 0.316. The van der Waals surface area contributed by atoms with Crippen LogP contribution < -0.4 is 9.47 Å². The number of methoxy groups -OCH3 is 1. The Labute approximate surface area is 155 Å². The van der Waals surface area contributed by atoms with E-state index in [9.17, 15) is 14.4 Å². The highest BCUT2D eigenvalue weighted by atomic mass is 16.7. The minimum absolute atomic E-state index is 0.0940. The van der Waals surface area contributed by atoms with Crippen LogP contribution in [0.25, 0.3) is 0 Å². The molecule has 0 saturated carbocycles. The molecule has 0 bridgehead atoms. The SMILES string of the molecule is COC(=O)c1c(C)[nH]c(C(=O)C(C)OC(=O)c2ccc3c(c2)OCO3)c1C. The Morgan fingerprint density at radius 3 is 2.52 bits per heavy atom. The predicted molar refractivity (Wildman–Crippen MR) is 93.4 cm³/mol. The first kappa shape index (κ1) is 18.5. The highest BCUT2D eigenvalue weighted by molar-refractivity contribution is 6.04. The van der Waals surface area contributed by atoms with E-state index in [0.29, 0.717) is 28.3 Å². The molecule has 1 unspecified atom stereocenters. The summed E-state index contributed by atoms with van der Waals surface area (Å²) in [7, 11) is 1.27. The topological polar surface area (TPSA) is 104 Å². The molecule has 8 nitrogen and oxygen atoms in total. The van der Waals surface area contributed by atoms with E-state index in [0.717, 1.165) is 0 Å². The molecule has 8 heteroatoms. The van der Waals surface area contributed by atoms with Crippen LogP contribution in [0.5, 0.6) is 11.5 Å². The van der Waals surface area contributed by atoms with Gasteiger partial charge >= 0.3 is 11.9 Å². The van der Waals surface area contributed by atoms with Crippen LogP contribution in [0, 0.1) is 13.8 Å². The van der Waals surface area contributed by atoms with Crippen LogP contribution in [0.15, 0.2) is 18.2 Å². The second kappa shape index (κ2) is 7.14. The van der Waals surface area contributed by atoms with Crippen molar-refractivity contribution in [3.05, 3.63) is 46.3 Å². The summed E-state index contributed by atoms with van der Waals surface area (Å²) in [4.78, 5) is 39.8. The number of rotatable bonds is 5. The highest BCUT2D eigenvalue weighted by Gasteiger charge is 2.28. The summed E-state index contributed by atoms with van der Waals surface area (Å²) >= 11 is 0. The van der Waals surface area contributed by atoms with Crippen molar-refractivity contribution in [1.82, 2.24) is 4.98 Å². The van der Waals surface area contributed by atoms with Gasteiger partial charge < -0.3 is 23.9 Å². The molecule has 1 N–H and O–H groups in total. The lowest BCUT2D eigenvalue weighted by Crippen LogP contribution is -2.25. The fourth-order valence-corrected chi connectivity index (χ4v) is 2.91. The average Bonchev–Trinajstić information content (AvgIpc) is 3.23. The first-order chi connectivity index (χ1) is 12.8. The van der Waals surface area contributed by atoms with E-state index in [1.807, 2.05) is 0 Å². The van der Waals surface area contributed by atoms with E-state index in [-0.39, 0.29) is 18.1 Å². The first-order valence-electron chi connectivity index (χ1n) is 8.25. The third-order valence-electron chi connectivity index (χ3n) is 4.33. The standard InChI is InChI=1S/C19H19NO7/c1-9-15(19(23)24-4)10(2)20-16(9)17(21)11(3)27-18(22)12-5-6-13-14(7-12)26-8-25-13/h5-7,11,20H,8H2,1-4H3. The molecule has 1 aliphatic heterocycles. The number of nitrogens with one attached hydrogen (secondary N) is 1. The zero-order chi connectivity index (χ0) is 19.7. The van der Waals surface area contributed by atoms with E-state index in [1.165, 1.54) is 26.2 Å². The Balaban J connectivity index is 1.76. The minimum Gasteiger partial charge on any atom is -0.465 e. The van der Waals surface area contributed by atoms with E-state index in [4.69, 9.17) is 18.9 Å². The quantitative estimate of drug-likeness (QED) is 0.634. The normalized spacial score (nSPS) is 13.2. The summed E-state index contributed by atoms with van der Waals surface area (Å²) in [6.45, 7) is 4.87. The Hall–Kier alpha value is -3.29. The second-order valence-corrected chi connectivity index (χ2v) is 6.10. The molecule has 27 heavy (non-hydrogen) atoms. The second-order valence-electron chi connectivity index (χ2n) is 6.10. The van der Waals surface area contributed by atoms with Crippen LogP contribution in [0.3, 0.4) is 0 Å². The van der Waals surface area contributed by atoms with E-state index in [1.54, 1.807) is 19.9 Å². The number of hydrogen-bond acceptors (Lipinski definition) is 7. The van der Waals surface area contributed by atoms with Crippen molar-refractivity contribution in [1.29, 1.82) is 0 Å². The molecule has 0 saturated heterocycles. The number of aryl methyl sites for hydroxylation is 1. The number of carbonyl (C=O) groups is 3. The number of aromatic amines is 1. The number of fused-ring (bicyclic) bond motifs is 1. The van der Waals surface area contributed by atoms with Crippen molar-refractivity contribution in [2.24, 2.45) is 0 Å². The van der Waals surface area contributed by atoms with E-state index in [2.05, 4.69) is 4.98 Å². The maximum absolute atomic E-state index is 12.7. The molecule has 1 atom stereocenters. The van der Waals surface area contributed by atoms with Crippen LogP contribution in [0.4, 0.5) is 0 Å². The van der Waals surface area contributed by atoms with Gasteiger partial charge in [0.2, 0.25) is 12.6 Å². The number of ether oxygens (including phenoxy) is 4. The molecule has 0 fully saturated rings. The van der Waals surface area contributed by atoms with Crippen molar-refractivity contribution >= 4 is 17.7 Å². The zero-order valence-electron chi connectivity index (χ0n) is 15.4. The molecule has 0 amide bonds. The largest absolute Gasteiger partial charge is 0.465 e. The number of Topliss-reactive ketones (excluding diaryl/α,β-unsaturated/α-hetero) is 1. The Morgan fingerprint density at radius 2 is 1.81 bits per heavy atom. The Bertz CT molecular complexity index is 928. The van der Waals surface area contributed by atoms with E-state index >= 15 is 0 Å². The van der Waals surface area contributed by atoms with Gasteiger partial charge in [0, 0.05) is 5.69 Å². The highest BCUT2D eigenvalue weighted by Crippen LogP contribution is 2.32. The zero-order valence-corrected chi connectivity index (χ0v) is 15.4. The van der Waals surface area contributed by atoms with Crippen LogP contribution >= 0.6 is 0 Å². The molecule has 2 heterocycles. The van der Waals surface area contributed by atoms with Crippen LogP contribution in [-0.4, -0.2) is 42.7 Å². The molecule has 1 aliphatic rings. The van der Waals surface area contributed by atoms with Crippen molar-refractivity contribution in [2.75, 3.05) is 13.9 Å². The molecule has 0 aliphatic carbocycles. The van der Waals surface area contributed by atoms with Gasteiger partial charge in [0.25, 0.3) is 0 Å². The lowest BCUT2D eigenvalue weighted by molar-refractivity contribution is 0.0316. The number of hydrogen-bond donors (Lipinski definition) is 1. The van der Waals surface area contributed by atoms with Gasteiger partial charge in [-0.2, -0.15) is 0 Å². The number of esters is 2. The molecule has 1 aromatic carbocycles. The van der Waals surface area contributed by atoms with Gasteiger partial charge in [-0.25, -0.2) is 9.59 Å². The lowest BCUT2D eigenvalue weighted by atomic mass is 10.1. The van der Waals surface area contributed by atoms with Crippen molar-refractivity contribution in [2.45, 2.75) is 26.9 Å². The fourth-order valence-electron chi connectivity index (χ4n) is 2.91. The third-order valence-corrected chi connectivity index (χ3v) is 4.33. The molecule has 1 aromatic heterocycles. The summed E-state index contributed by atoms with van der Waals surface area (Å²) in [6.07, 6.45) is -1.05. The van der Waals surface area contributed by atoms with Gasteiger partial charge in [0.15, 0.2) is 17.6 Å². The number of carbonyl (C=O) groups excluding carboxylic acids is 3. The summed E-state index contributed by atoms with van der Waals surface area (Å²) in [5, 5.41) is 0. The Kier molecular flexibility index (Phi) is 4.89. The third kappa shape index (κ3) is 3.38. The predicted octanol–water partition coefficient (Wildman–Crippen LogP) is 2.58. The lowest BCUT2D eigenvalue weighted by Gasteiger charge is -2.12. The molecular formula is C19H19NO7. The molecule has 0 radical (unpaired) electrons. The van der Waals surface area contributed by atoms with Crippen molar-refractivity contribution < 1.29 is 33.3 Å². The minimum atomic E-state index is -1.05. The first-order valence-corrected chi connectivity index (χ1v) is 8.25. The summed E-state index contributed by atoms with van der Waals surface area (Å²) in [5.74, 6) is -0.654. The van der Waals surface area contributed by atoms with Crippen LogP contribution in [0.1, 0.15) is 49.4 Å². The average molecular weight is 373 g/mol. The van der Waals surface area contributed by atoms with Gasteiger partial charge in [-0.1, -0.05) is 0 Å². The molecule has 3 rings (SSSR count). The number of benzene rings is 1. The van der Waals surface area contributed by atoms with Crippen LogP contribution in [0.2, 0.25) is 0 Å². The molecule has 0 spiro atoms. The Morgan fingerprint density at radius 1 is 1.11 bits per heavy atom. The smallest absolute Gasteiger partial charge is 0.339 e. The summed E-state index contributed by atoms with van der Waals surface area (Å²) in [6, 6.07) is 4.64. The maximum Gasteiger partial charge on any atom is 0.339 e. The molecular weight excluding hydrogens is 354 g/mol. The van der Waals surface area contributed by atoms with Gasteiger partial charge in [-0.3, -0.25) is 4.79 Å². The summed E-state index contributed by atoms with van der Waals surface area (Å²) < 4.78 is 20.4. The molecule has 2 aromatic rings. The van der Waals surface area contributed by atoms with Gasteiger partial charge in [0.05, 0.1) is 23.9 Å². The number of ketones is 1. The van der Waals surface area contributed by atoms with E-state index < -0.39 is 23.8 Å². The van der Waals surface area contributed by atoms with Crippen LogP contribution in [-0.2, 0) is 9.47 Å².